The van der Waals surface area contributed by atoms with Crippen molar-refractivity contribution in [1.29, 1.82) is 0 Å². The van der Waals surface area contributed by atoms with Crippen LogP contribution in [-0.2, 0) is 4.74 Å². The molecule has 9 nitrogen and oxygen atoms in total. The SMILES string of the molecule is Cc1nnc(-c2cc3cc(NC(=O)N4CCC(N5CCOCC5)CC4)ncc3cn2)s1. The lowest BCUT2D eigenvalue weighted by Crippen LogP contribution is -2.50. The summed E-state index contributed by atoms with van der Waals surface area (Å²) in [6.45, 7) is 7.03. The highest BCUT2D eigenvalue weighted by atomic mass is 32.1. The second kappa shape index (κ2) is 8.81. The molecule has 0 bridgehead atoms. The minimum absolute atomic E-state index is 0.0960. The summed E-state index contributed by atoms with van der Waals surface area (Å²) < 4.78 is 5.45. The van der Waals surface area contributed by atoms with Crippen LogP contribution in [0.3, 0.4) is 0 Å². The van der Waals surface area contributed by atoms with E-state index in [2.05, 4.69) is 30.4 Å². The Balaban J connectivity index is 1.24. The van der Waals surface area contributed by atoms with Crippen molar-refractivity contribution in [3.8, 4) is 10.7 Å². The third-order valence-corrected chi connectivity index (χ3v) is 6.76. The number of rotatable bonds is 3. The van der Waals surface area contributed by atoms with Crippen molar-refractivity contribution in [3.63, 3.8) is 0 Å². The van der Waals surface area contributed by atoms with E-state index < -0.39 is 0 Å². The molecular formula is C21H25N7O2S. The van der Waals surface area contributed by atoms with Gasteiger partial charge in [-0.3, -0.25) is 15.2 Å². The summed E-state index contributed by atoms with van der Waals surface area (Å²) in [4.78, 5) is 26.0. The smallest absolute Gasteiger partial charge is 0.323 e. The second-order valence-electron chi connectivity index (χ2n) is 7.91. The summed E-state index contributed by atoms with van der Waals surface area (Å²) in [5, 5.41) is 14.7. The van der Waals surface area contributed by atoms with Crippen molar-refractivity contribution in [1.82, 2.24) is 30.0 Å². The summed E-state index contributed by atoms with van der Waals surface area (Å²) in [7, 11) is 0. The number of aryl methyl sites for hydroxylation is 1. The highest BCUT2D eigenvalue weighted by Gasteiger charge is 2.28. The lowest BCUT2D eigenvalue weighted by Gasteiger charge is -2.39. The highest BCUT2D eigenvalue weighted by Crippen LogP contribution is 2.25. The molecule has 0 aromatic carbocycles. The van der Waals surface area contributed by atoms with E-state index in [9.17, 15) is 4.79 Å². The van der Waals surface area contributed by atoms with E-state index in [4.69, 9.17) is 4.74 Å². The third-order valence-electron chi connectivity index (χ3n) is 5.90. The molecule has 31 heavy (non-hydrogen) atoms. The molecule has 0 atom stereocenters. The Morgan fingerprint density at radius 3 is 2.58 bits per heavy atom. The van der Waals surface area contributed by atoms with E-state index in [1.807, 2.05) is 24.0 Å². The number of carbonyl (C=O) groups excluding carboxylic acids is 1. The van der Waals surface area contributed by atoms with Gasteiger partial charge in [0, 0.05) is 50.0 Å². The molecule has 3 aromatic rings. The topological polar surface area (TPSA) is 96.4 Å². The average Bonchev–Trinajstić information content (AvgIpc) is 3.25. The van der Waals surface area contributed by atoms with Crippen LogP contribution in [0.4, 0.5) is 10.6 Å². The van der Waals surface area contributed by atoms with Crippen molar-refractivity contribution in [2.75, 3.05) is 44.7 Å². The van der Waals surface area contributed by atoms with Crippen molar-refractivity contribution >= 4 is 34.0 Å². The van der Waals surface area contributed by atoms with Gasteiger partial charge < -0.3 is 9.64 Å². The first-order valence-corrected chi connectivity index (χ1v) is 11.4. The maximum atomic E-state index is 12.8. The lowest BCUT2D eigenvalue weighted by atomic mass is 10.0. The molecule has 0 saturated carbocycles. The first-order valence-electron chi connectivity index (χ1n) is 10.6. The highest BCUT2D eigenvalue weighted by molar-refractivity contribution is 7.14. The number of fused-ring (bicyclic) bond motifs is 1. The number of amides is 2. The Morgan fingerprint density at radius 1 is 1.06 bits per heavy atom. The molecule has 2 amide bonds. The Hall–Kier alpha value is -2.69. The number of pyridine rings is 2. The molecule has 2 aliphatic heterocycles. The van der Waals surface area contributed by atoms with Crippen molar-refractivity contribution in [2.24, 2.45) is 0 Å². The minimum Gasteiger partial charge on any atom is -0.379 e. The number of aromatic nitrogens is 4. The van der Waals surface area contributed by atoms with Crippen molar-refractivity contribution < 1.29 is 9.53 Å². The summed E-state index contributed by atoms with van der Waals surface area (Å²) in [5.74, 6) is 0.540. The molecule has 162 valence electrons. The predicted octanol–water partition coefficient (Wildman–Crippen LogP) is 2.79. The van der Waals surface area contributed by atoms with Gasteiger partial charge >= 0.3 is 6.03 Å². The van der Waals surface area contributed by atoms with Gasteiger partial charge in [-0.2, -0.15) is 0 Å². The van der Waals surface area contributed by atoms with Crippen molar-refractivity contribution in [3.05, 3.63) is 29.5 Å². The third kappa shape index (κ3) is 4.51. The monoisotopic (exact) mass is 439 g/mol. The fourth-order valence-electron chi connectivity index (χ4n) is 4.19. The molecule has 0 aliphatic carbocycles. The zero-order valence-corrected chi connectivity index (χ0v) is 18.3. The Kier molecular flexibility index (Phi) is 5.75. The number of anilines is 1. The molecule has 2 aliphatic rings. The van der Waals surface area contributed by atoms with Gasteiger partial charge in [0.15, 0.2) is 5.01 Å². The van der Waals surface area contributed by atoms with Crippen LogP contribution in [0, 0.1) is 6.92 Å². The number of morpholine rings is 1. The Labute approximate surface area is 184 Å². The molecule has 0 radical (unpaired) electrons. The maximum Gasteiger partial charge on any atom is 0.323 e. The lowest BCUT2D eigenvalue weighted by molar-refractivity contribution is 0.00419. The van der Waals surface area contributed by atoms with Gasteiger partial charge in [-0.15, -0.1) is 10.2 Å². The fraction of sp³-hybridized carbons (Fsp3) is 0.476. The van der Waals surface area contributed by atoms with E-state index in [0.29, 0.717) is 11.9 Å². The zero-order chi connectivity index (χ0) is 21.2. The number of hydrogen-bond donors (Lipinski definition) is 1. The summed E-state index contributed by atoms with van der Waals surface area (Å²) in [6.07, 6.45) is 5.50. The minimum atomic E-state index is -0.0960. The number of nitrogens with one attached hydrogen (secondary N) is 1. The molecule has 0 spiro atoms. The molecule has 0 unspecified atom stereocenters. The molecule has 3 aromatic heterocycles. The Morgan fingerprint density at radius 2 is 1.84 bits per heavy atom. The largest absolute Gasteiger partial charge is 0.379 e. The van der Waals surface area contributed by atoms with Gasteiger partial charge in [0.25, 0.3) is 0 Å². The first-order chi connectivity index (χ1) is 15.2. The van der Waals surface area contributed by atoms with Gasteiger partial charge in [0.1, 0.15) is 16.5 Å². The zero-order valence-electron chi connectivity index (χ0n) is 17.5. The van der Waals surface area contributed by atoms with E-state index in [0.717, 1.165) is 78.7 Å². The molecule has 2 fully saturated rings. The number of urea groups is 1. The van der Waals surface area contributed by atoms with E-state index in [1.165, 1.54) is 11.3 Å². The van der Waals surface area contributed by atoms with Gasteiger partial charge in [-0.25, -0.2) is 9.78 Å². The predicted molar refractivity (Wildman–Crippen MR) is 119 cm³/mol. The molecule has 1 N–H and O–H groups in total. The standard InChI is InChI=1S/C21H25N7O2S/c1-14-25-26-20(31-14)18-10-15-11-19(23-13-16(15)12-22-18)24-21(29)28-4-2-17(3-5-28)27-6-8-30-9-7-27/h10-13,17H,2-9H2,1H3,(H,23,24,29). The van der Waals surface area contributed by atoms with Gasteiger partial charge in [0.05, 0.1) is 13.2 Å². The van der Waals surface area contributed by atoms with Crippen LogP contribution in [0.1, 0.15) is 17.8 Å². The number of likely N-dealkylation sites (tertiary alicyclic amines) is 1. The van der Waals surface area contributed by atoms with Crippen molar-refractivity contribution in [2.45, 2.75) is 25.8 Å². The van der Waals surface area contributed by atoms with Crippen LogP contribution < -0.4 is 5.32 Å². The van der Waals surface area contributed by atoms with E-state index in [1.54, 1.807) is 12.4 Å². The Bertz CT molecular complexity index is 1070. The molecular weight excluding hydrogens is 414 g/mol. The fourth-order valence-corrected chi connectivity index (χ4v) is 4.85. The van der Waals surface area contributed by atoms with Crippen LogP contribution in [0.5, 0.6) is 0 Å². The normalized spacial score (nSPS) is 18.4. The molecule has 5 heterocycles. The van der Waals surface area contributed by atoms with Gasteiger partial charge in [-0.1, -0.05) is 11.3 Å². The van der Waals surface area contributed by atoms with Gasteiger partial charge in [-0.05, 0) is 37.3 Å². The van der Waals surface area contributed by atoms with Crippen LogP contribution in [0.25, 0.3) is 21.5 Å². The summed E-state index contributed by atoms with van der Waals surface area (Å²) in [6, 6.07) is 4.29. The molecule has 10 heteroatoms. The maximum absolute atomic E-state index is 12.8. The summed E-state index contributed by atoms with van der Waals surface area (Å²) >= 11 is 1.51. The number of hydrogen-bond acceptors (Lipinski definition) is 8. The number of ether oxygens (including phenoxy) is 1. The van der Waals surface area contributed by atoms with Crippen LogP contribution in [0.15, 0.2) is 24.5 Å². The average molecular weight is 440 g/mol. The summed E-state index contributed by atoms with van der Waals surface area (Å²) in [5.41, 5.74) is 0.770. The van der Waals surface area contributed by atoms with Crippen LogP contribution in [-0.4, -0.2) is 81.4 Å². The van der Waals surface area contributed by atoms with Crippen LogP contribution in [0.2, 0.25) is 0 Å². The number of nitrogens with zero attached hydrogens (tertiary/aromatic N) is 6. The van der Waals surface area contributed by atoms with E-state index >= 15 is 0 Å². The van der Waals surface area contributed by atoms with E-state index in [-0.39, 0.29) is 6.03 Å². The molecule has 2 saturated heterocycles. The van der Waals surface area contributed by atoms with Crippen LogP contribution >= 0.6 is 11.3 Å². The first kappa shape index (κ1) is 20.2. The second-order valence-corrected chi connectivity index (χ2v) is 9.09. The quantitative estimate of drug-likeness (QED) is 0.670. The molecule has 5 rings (SSSR count). The number of carbonyl (C=O) groups is 1. The van der Waals surface area contributed by atoms with Gasteiger partial charge in [0.2, 0.25) is 0 Å². The number of piperidine rings is 1.